The molecule has 1 aliphatic rings. The average molecular weight is 410 g/mol. The van der Waals surface area contributed by atoms with Crippen LogP contribution in [0.4, 0.5) is 4.39 Å². The van der Waals surface area contributed by atoms with Crippen LogP contribution in [0.5, 0.6) is 0 Å². The maximum Gasteiger partial charge on any atom is 0.220 e. The SMILES string of the molecule is O=C1CCC(CCCCCC(=O)c2ccon2)(c2ncc(-c3ccccc3F)[nH]2)N1. The number of aromatic amines is 1. The van der Waals surface area contributed by atoms with Crippen LogP contribution in [0.15, 0.2) is 47.3 Å². The molecule has 1 saturated heterocycles. The number of benzene rings is 1. The Morgan fingerprint density at radius 1 is 1.20 bits per heavy atom. The van der Waals surface area contributed by atoms with Gasteiger partial charge in [-0.3, -0.25) is 9.59 Å². The largest absolute Gasteiger partial charge is 0.364 e. The minimum absolute atomic E-state index is 0.0138. The summed E-state index contributed by atoms with van der Waals surface area (Å²) >= 11 is 0. The number of aromatic nitrogens is 3. The molecule has 30 heavy (non-hydrogen) atoms. The number of ketones is 1. The van der Waals surface area contributed by atoms with Gasteiger partial charge in [-0.05, 0) is 31.4 Å². The molecule has 1 aliphatic heterocycles. The van der Waals surface area contributed by atoms with Gasteiger partial charge in [0.2, 0.25) is 5.91 Å². The molecule has 2 aromatic heterocycles. The van der Waals surface area contributed by atoms with E-state index in [-0.39, 0.29) is 17.5 Å². The molecule has 1 amide bonds. The molecule has 0 aliphatic carbocycles. The van der Waals surface area contributed by atoms with Crippen LogP contribution in [0.25, 0.3) is 11.3 Å². The average Bonchev–Trinajstić information content (AvgIpc) is 3.49. The van der Waals surface area contributed by atoms with E-state index in [1.165, 1.54) is 12.3 Å². The molecule has 1 unspecified atom stereocenters. The quantitative estimate of drug-likeness (QED) is 0.408. The number of carbonyl (C=O) groups is 2. The van der Waals surface area contributed by atoms with Crippen molar-refractivity contribution in [1.82, 2.24) is 20.4 Å². The van der Waals surface area contributed by atoms with Gasteiger partial charge < -0.3 is 14.8 Å². The number of imidazole rings is 1. The summed E-state index contributed by atoms with van der Waals surface area (Å²) in [5.41, 5.74) is 0.797. The second-order valence-corrected chi connectivity index (χ2v) is 7.62. The van der Waals surface area contributed by atoms with Crippen molar-refractivity contribution >= 4 is 11.7 Å². The van der Waals surface area contributed by atoms with Gasteiger partial charge >= 0.3 is 0 Å². The summed E-state index contributed by atoms with van der Waals surface area (Å²) < 4.78 is 18.8. The van der Waals surface area contributed by atoms with E-state index in [2.05, 4.69) is 20.4 Å². The van der Waals surface area contributed by atoms with Gasteiger partial charge in [0.15, 0.2) is 5.78 Å². The number of H-pyrrole nitrogens is 1. The lowest BCUT2D eigenvalue weighted by Crippen LogP contribution is -2.39. The normalized spacial score (nSPS) is 18.5. The Morgan fingerprint density at radius 2 is 2.07 bits per heavy atom. The number of unbranched alkanes of at least 4 members (excludes halogenated alkanes) is 2. The number of nitrogens with one attached hydrogen (secondary N) is 2. The third-order valence-corrected chi connectivity index (χ3v) is 5.58. The van der Waals surface area contributed by atoms with Crippen LogP contribution >= 0.6 is 0 Å². The molecular weight excluding hydrogens is 387 g/mol. The van der Waals surface area contributed by atoms with Crippen molar-refractivity contribution < 1.29 is 18.5 Å². The molecule has 0 bridgehead atoms. The molecular formula is C22H23FN4O3. The molecule has 4 rings (SSSR count). The van der Waals surface area contributed by atoms with Crippen LogP contribution in [-0.2, 0) is 10.3 Å². The Labute approximate surface area is 173 Å². The van der Waals surface area contributed by atoms with Gasteiger partial charge in [-0.1, -0.05) is 30.1 Å². The van der Waals surface area contributed by atoms with Gasteiger partial charge in [-0.2, -0.15) is 0 Å². The number of halogens is 1. The van der Waals surface area contributed by atoms with Crippen molar-refractivity contribution in [2.45, 2.75) is 50.5 Å². The third kappa shape index (κ3) is 4.17. The Bertz CT molecular complexity index is 1030. The topological polar surface area (TPSA) is 101 Å². The fourth-order valence-corrected chi connectivity index (χ4v) is 3.96. The number of nitrogens with zero attached hydrogens (tertiary/aromatic N) is 2. The van der Waals surface area contributed by atoms with Gasteiger partial charge in [-0.15, -0.1) is 0 Å². The lowest BCUT2D eigenvalue weighted by molar-refractivity contribution is -0.120. The van der Waals surface area contributed by atoms with Crippen LogP contribution < -0.4 is 5.32 Å². The van der Waals surface area contributed by atoms with E-state index < -0.39 is 5.54 Å². The summed E-state index contributed by atoms with van der Waals surface area (Å²) in [4.78, 5) is 31.7. The Hall–Kier alpha value is -3.29. The second-order valence-electron chi connectivity index (χ2n) is 7.62. The van der Waals surface area contributed by atoms with Crippen molar-refractivity contribution in [2.24, 2.45) is 0 Å². The molecule has 1 atom stereocenters. The summed E-state index contributed by atoms with van der Waals surface area (Å²) in [7, 11) is 0. The number of Topliss-reactive ketones (excluding diaryl/α,β-unsaturated/α-hetero) is 1. The smallest absolute Gasteiger partial charge is 0.220 e. The van der Waals surface area contributed by atoms with E-state index in [0.717, 1.165) is 19.3 Å². The van der Waals surface area contributed by atoms with Crippen LogP contribution in [-0.4, -0.2) is 26.8 Å². The monoisotopic (exact) mass is 410 g/mol. The highest BCUT2D eigenvalue weighted by molar-refractivity contribution is 5.93. The lowest BCUT2D eigenvalue weighted by atomic mass is 9.89. The standard InChI is InChI=1S/C22H23FN4O3/c23-16-7-4-3-6-15(16)18-14-24-21(25-18)22(12-9-20(29)26-22)11-5-1-2-8-19(28)17-10-13-30-27-17/h3-4,6-7,10,13-14H,1-2,5,8-9,11-12H2,(H,24,25)(H,26,29). The van der Waals surface area contributed by atoms with Gasteiger partial charge in [0.1, 0.15) is 23.6 Å². The first kappa shape index (κ1) is 20.0. The zero-order valence-corrected chi connectivity index (χ0v) is 16.5. The molecule has 1 aromatic carbocycles. The molecule has 2 N–H and O–H groups in total. The number of carbonyl (C=O) groups excluding carboxylic acids is 2. The summed E-state index contributed by atoms with van der Waals surface area (Å²) in [6, 6.07) is 8.08. The van der Waals surface area contributed by atoms with Crippen LogP contribution in [0.1, 0.15) is 61.3 Å². The van der Waals surface area contributed by atoms with Crippen LogP contribution in [0.2, 0.25) is 0 Å². The van der Waals surface area contributed by atoms with E-state index in [9.17, 15) is 14.0 Å². The molecule has 8 heteroatoms. The van der Waals surface area contributed by atoms with Crippen molar-refractivity contribution in [3.8, 4) is 11.3 Å². The minimum Gasteiger partial charge on any atom is -0.364 e. The Balaban J connectivity index is 1.39. The Kier molecular flexibility index (Phi) is 5.74. The summed E-state index contributed by atoms with van der Waals surface area (Å²) in [6.45, 7) is 0. The highest BCUT2D eigenvalue weighted by Gasteiger charge is 2.41. The number of amides is 1. The van der Waals surface area contributed by atoms with Crippen molar-refractivity contribution in [3.63, 3.8) is 0 Å². The molecule has 3 heterocycles. The molecule has 0 saturated carbocycles. The first-order chi connectivity index (χ1) is 14.6. The van der Waals surface area contributed by atoms with E-state index >= 15 is 0 Å². The number of hydrogen-bond donors (Lipinski definition) is 2. The van der Waals surface area contributed by atoms with Crippen molar-refractivity contribution in [1.29, 1.82) is 0 Å². The van der Waals surface area contributed by atoms with Gasteiger partial charge in [-0.25, -0.2) is 9.37 Å². The highest BCUT2D eigenvalue weighted by Crippen LogP contribution is 2.36. The molecule has 0 spiro atoms. The predicted molar refractivity (Wildman–Crippen MR) is 107 cm³/mol. The third-order valence-electron chi connectivity index (χ3n) is 5.58. The second kappa shape index (κ2) is 8.61. The zero-order valence-electron chi connectivity index (χ0n) is 16.5. The first-order valence-corrected chi connectivity index (χ1v) is 10.1. The van der Waals surface area contributed by atoms with E-state index in [1.807, 2.05) is 0 Å². The minimum atomic E-state index is -0.587. The number of rotatable bonds is 9. The number of hydrogen-bond acceptors (Lipinski definition) is 5. The van der Waals surface area contributed by atoms with E-state index in [1.54, 1.807) is 30.5 Å². The molecule has 156 valence electrons. The summed E-state index contributed by atoms with van der Waals surface area (Å²) in [5.74, 6) is 0.271. The Morgan fingerprint density at radius 3 is 2.80 bits per heavy atom. The fourth-order valence-electron chi connectivity index (χ4n) is 3.96. The fraction of sp³-hybridized carbons (Fsp3) is 0.364. The van der Waals surface area contributed by atoms with E-state index in [0.29, 0.717) is 48.5 Å². The van der Waals surface area contributed by atoms with Crippen molar-refractivity contribution in [2.75, 3.05) is 0 Å². The van der Waals surface area contributed by atoms with Crippen LogP contribution in [0, 0.1) is 5.82 Å². The summed E-state index contributed by atoms with van der Waals surface area (Å²) in [5, 5.41) is 6.73. The molecule has 7 nitrogen and oxygen atoms in total. The van der Waals surface area contributed by atoms with E-state index in [4.69, 9.17) is 4.52 Å². The van der Waals surface area contributed by atoms with Gasteiger partial charge in [0, 0.05) is 24.5 Å². The first-order valence-electron chi connectivity index (χ1n) is 10.1. The van der Waals surface area contributed by atoms with Gasteiger partial charge in [0.25, 0.3) is 0 Å². The molecule has 0 radical (unpaired) electrons. The van der Waals surface area contributed by atoms with Crippen molar-refractivity contribution in [3.05, 3.63) is 60.1 Å². The maximum absolute atomic E-state index is 14.1. The molecule has 3 aromatic rings. The molecule has 1 fully saturated rings. The maximum atomic E-state index is 14.1. The highest BCUT2D eigenvalue weighted by atomic mass is 19.1. The lowest BCUT2D eigenvalue weighted by Gasteiger charge is -2.27. The predicted octanol–water partition coefficient (Wildman–Crippen LogP) is 4.14. The zero-order chi connectivity index (χ0) is 21.0. The summed E-state index contributed by atoms with van der Waals surface area (Å²) in [6.07, 6.45) is 7.55. The van der Waals surface area contributed by atoms with Crippen LogP contribution in [0.3, 0.4) is 0 Å². The van der Waals surface area contributed by atoms with Gasteiger partial charge in [0.05, 0.1) is 17.4 Å².